The Morgan fingerprint density at radius 2 is 1.95 bits per heavy atom. The third kappa shape index (κ3) is 2.86. The number of rotatable bonds is 3. The lowest BCUT2D eigenvalue weighted by atomic mass is 9.79. The Morgan fingerprint density at radius 3 is 2.55 bits per heavy atom. The summed E-state index contributed by atoms with van der Waals surface area (Å²) < 4.78 is 0. The van der Waals surface area contributed by atoms with E-state index >= 15 is 0 Å². The smallest absolute Gasteiger partial charge is 0.251 e. The third-order valence-corrected chi connectivity index (χ3v) is 4.57. The Kier molecular flexibility index (Phi) is 4.29. The summed E-state index contributed by atoms with van der Waals surface area (Å²) in [7, 11) is 0. The van der Waals surface area contributed by atoms with Gasteiger partial charge >= 0.3 is 0 Å². The number of β-amino-alcohol motifs (C(OH)–C–C–N with tert-alkyl or cyclic N) is 1. The van der Waals surface area contributed by atoms with Gasteiger partial charge in [-0.2, -0.15) is 0 Å². The van der Waals surface area contributed by atoms with Gasteiger partial charge < -0.3 is 15.7 Å². The van der Waals surface area contributed by atoms with Crippen molar-refractivity contribution in [3.8, 4) is 0 Å². The van der Waals surface area contributed by atoms with Crippen molar-refractivity contribution < 1.29 is 14.7 Å². The highest BCUT2D eigenvalue weighted by Gasteiger charge is 2.43. The van der Waals surface area contributed by atoms with Crippen LogP contribution in [0.15, 0.2) is 24.3 Å². The molecule has 1 aromatic rings. The summed E-state index contributed by atoms with van der Waals surface area (Å²) in [5, 5.41) is 10.3. The van der Waals surface area contributed by atoms with Gasteiger partial charge in [-0.15, -0.1) is 0 Å². The molecule has 120 valence electrons. The summed E-state index contributed by atoms with van der Waals surface area (Å²) in [5.41, 5.74) is 4.94. The second kappa shape index (κ2) is 5.72. The average Bonchev–Trinajstić information content (AvgIpc) is 2.46. The number of benzene rings is 1. The minimum Gasteiger partial charge on any atom is -0.378 e. The molecule has 2 rings (SSSR count). The van der Waals surface area contributed by atoms with E-state index in [1.807, 2.05) is 45.0 Å². The summed E-state index contributed by atoms with van der Waals surface area (Å²) in [4.78, 5) is 26.0. The van der Waals surface area contributed by atoms with Gasteiger partial charge in [-0.3, -0.25) is 9.59 Å². The van der Waals surface area contributed by atoms with Crippen LogP contribution < -0.4 is 5.73 Å². The fourth-order valence-electron chi connectivity index (χ4n) is 3.20. The molecule has 3 N–H and O–H groups in total. The molecular formula is C17H24N2O3. The summed E-state index contributed by atoms with van der Waals surface area (Å²) >= 11 is 0. The zero-order valence-corrected chi connectivity index (χ0v) is 13.4. The van der Waals surface area contributed by atoms with Crippen LogP contribution in [0.3, 0.4) is 0 Å². The lowest BCUT2D eigenvalue weighted by Gasteiger charge is -2.40. The number of amides is 2. The van der Waals surface area contributed by atoms with E-state index in [2.05, 4.69) is 0 Å². The van der Waals surface area contributed by atoms with Crippen LogP contribution >= 0.6 is 0 Å². The molecule has 22 heavy (non-hydrogen) atoms. The Labute approximate surface area is 131 Å². The molecule has 0 aliphatic carbocycles. The molecule has 5 heteroatoms. The topological polar surface area (TPSA) is 83.6 Å². The molecular weight excluding hydrogens is 280 g/mol. The van der Waals surface area contributed by atoms with Crippen molar-refractivity contribution in [3.63, 3.8) is 0 Å². The van der Waals surface area contributed by atoms with Crippen molar-refractivity contribution in [2.24, 2.45) is 5.73 Å². The molecule has 1 aliphatic rings. The number of likely N-dealkylation sites (tertiary alicyclic amines) is 1. The van der Waals surface area contributed by atoms with Gasteiger partial charge in [0.15, 0.2) is 5.60 Å². The maximum Gasteiger partial charge on any atom is 0.251 e. The maximum absolute atomic E-state index is 12.9. The first-order valence-electron chi connectivity index (χ1n) is 7.56. The highest BCUT2D eigenvalue weighted by Crippen LogP contribution is 2.31. The lowest BCUT2D eigenvalue weighted by molar-refractivity contribution is -0.151. The third-order valence-electron chi connectivity index (χ3n) is 4.57. The minimum atomic E-state index is -1.62. The summed E-state index contributed by atoms with van der Waals surface area (Å²) in [5.74, 6) is -0.861. The molecule has 0 spiro atoms. The van der Waals surface area contributed by atoms with Crippen LogP contribution in [0.2, 0.25) is 0 Å². The predicted molar refractivity (Wildman–Crippen MR) is 84.2 cm³/mol. The Bertz CT molecular complexity index is 597. The van der Waals surface area contributed by atoms with E-state index in [1.54, 1.807) is 4.90 Å². The largest absolute Gasteiger partial charge is 0.378 e. The van der Waals surface area contributed by atoms with Crippen molar-refractivity contribution in [2.75, 3.05) is 13.1 Å². The lowest BCUT2D eigenvalue weighted by Crippen LogP contribution is -2.59. The fourth-order valence-corrected chi connectivity index (χ4v) is 3.20. The first kappa shape index (κ1) is 16.5. The Hall–Kier alpha value is -1.88. The number of carbonyl (C=O) groups excluding carboxylic acids is 2. The number of aliphatic hydroxyl groups is 1. The minimum absolute atomic E-state index is 0.0313. The van der Waals surface area contributed by atoms with E-state index in [1.165, 1.54) is 0 Å². The first-order valence-corrected chi connectivity index (χ1v) is 7.56. The molecule has 1 saturated heterocycles. The van der Waals surface area contributed by atoms with Crippen LogP contribution in [0.4, 0.5) is 0 Å². The van der Waals surface area contributed by atoms with Gasteiger partial charge in [-0.1, -0.05) is 24.3 Å². The second-order valence-electron chi connectivity index (χ2n) is 6.67. The number of piperidine rings is 1. The fraction of sp³-hybridized carbons (Fsp3) is 0.529. The van der Waals surface area contributed by atoms with E-state index in [-0.39, 0.29) is 12.5 Å². The van der Waals surface area contributed by atoms with E-state index in [4.69, 9.17) is 5.73 Å². The average molecular weight is 304 g/mol. The van der Waals surface area contributed by atoms with Gasteiger partial charge in [0, 0.05) is 6.54 Å². The summed E-state index contributed by atoms with van der Waals surface area (Å²) in [6.07, 6.45) is 0.867. The highest BCUT2D eigenvalue weighted by atomic mass is 16.3. The van der Waals surface area contributed by atoms with Gasteiger partial charge in [0.25, 0.3) is 5.91 Å². The van der Waals surface area contributed by atoms with Gasteiger partial charge in [-0.25, -0.2) is 0 Å². The summed E-state index contributed by atoms with van der Waals surface area (Å²) in [6, 6.07) is 7.76. The molecule has 0 radical (unpaired) electrons. The Balaban J connectivity index is 2.27. The number of aryl methyl sites for hydroxylation is 1. The van der Waals surface area contributed by atoms with Crippen LogP contribution in [0.5, 0.6) is 0 Å². The van der Waals surface area contributed by atoms with Crippen LogP contribution in [-0.4, -0.2) is 40.5 Å². The SMILES string of the molecule is Cc1ccccc1C(C)(C)C(=O)N1CCCC(O)(C(N)=O)C1. The van der Waals surface area contributed by atoms with Gasteiger partial charge in [-0.05, 0) is 44.7 Å². The predicted octanol–water partition coefficient (Wildman–Crippen LogP) is 1.11. The van der Waals surface area contributed by atoms with Crippen LogP contribution in [0.1, 0.15) is 37.8 Å². The van der Waals surface area contributed by atoms with E-state index in [9.17, 15) is 14.7 Å². The molecule has 0 aromatic heterocycles. The number of primary amides is 1. The molecule has 1 fully saturated rings. The first-order chi connectivity index (χ1) is 10.2. The van der Waals surface area contributed by atoms with Crippen molar-refractivity contribution in [1.82, 2.24) is 4.90 Å². The molecule has 1 aromatic carbocycles. The van der Waals surface area contributed by atoms with Crippen molar-refractivity contribution in [3.05, 3.63) is 35.4 Å². The zero-order valence-electron chi connectivity index (χ0n) is 13.4. The summed E-state index contributed by atoms with van der Waals surface area (Å²) in [6.45, 7) is 6.21. The van der Waals surface area contributed by atoms with E-state index in [0.717, 1.165) is 11.1 Å². The Morgan fingerprint density at radius 1 is 1.32 bits per heavy atom. The maximum atomic E-state index is 12.9. The number of carbonyl (C=O) groups is 2. The number of nitrogens with two attached hydrogens (primary N) is 1. The molecule has 1 unspecified atom stereocenters. The van der Waals surface area contributed by atoms with Crippen molar-refractivity contribution in [2.45, 2.75) is 44.6 Å². The molecule has 2 amide bonds. The molecule has 5 nitrogen and oxygen atoms in total. The van der Waals surface area contributed by atoms with Crippen LogP contribution in [-0.2, 0) is 15.0 Å². The molecule has 1 atom stereocenters. The van der Waals surface area contributed by atoms with Crippen LogP contribution in [0.25, 0.3) is 0 Å². The molecule has 0 saturated carbocycles. The standard InChI is InChI=1S/C17H24N2O3/c1-12-7-4-5-8-13(12)16(2,3)15(21)19-10-6-9-17(22,11-19)14(18)20/h4-5,7-8,22H,6,9-11H2,1-3H3,(H2,18,20). The number of nitrogens with zero attached hydrogens (tertiary/aromatic N) is 1. The second-order valence-corrected chi connectivity index (χ2v) is 6.67. The van der Waals surface area contributed by atoms with Gasteiger partial charge in [0.2, 0.25) is 5.91 Å². The van der Waals surface area contributed by atoms with E-state index in [0.29, 0.717) is 19.4 Å². The molecule has 1 aliphatic heterocycles. The molecule has 1 heterocycles. The quantitative estimate of drug-likeness (QED) is 0.877. The van der Waals surface area contributed by atoms with Gasteiger partial charge in [0.05, 0.1) is 12.0 Å². The van der Waals surface area contributed by atoms with Crippen molar-refractivity contribution in [1.29, 1.82) is 0 Å². The van der Waals surface area contributed by atoms with Crippen molar-refractivity contribution >= 4 is 11.8 Å². The number of hydrogen-bond acceptors (Lipinski definition) is 3. The van der Waals surface area contributed by atoms with Crippen LogP contribution in [0, 0.1) is 6.92 Å². The number of hydrogen-bond donors (Lipinski definition) is 2. The van der Waals surface area contributed by atoms with Gasteiger partial charge in [0.1, 0.15) is 0 Å². The highest BCUT2D eigenvalue weighted by molar-refractivity contribution is 5.90. The molecule has 0 bridgehead atoms. The normalized spacial score (nSPS) is 22.5. The monoisotopic (exact) mass is 304 g/mol. The zero-order chi connectivity index (χ0) is 16.5. The van der Waals surface area contributed by atoms with E-state index < -0.39 is 16.9 Å².